The van der Waals surface area contributed by atoms with Crippen LogP contribution >= 0.6 is 0 Å². The average molecular weight is 310 g/mol. The van der Waals surface area contributed by atoms with Crippen LogP contribution in [0.15, 0.2) is 24.3 Å². The maximum Gasteiger partial charge on any atom is 0.414 e. The number of hydrogen-bond acceptors (Lipinski definition) is 5. The van der Waals surface area contributed by atoms with Crippen LogP contribution in [0.2, 0.25) is 0 Å². The minimum atomic E-state index is -1.82. The van der Waals surface area contributed by atoms with E-state index in [9.17, 15) is 10.1 Å². The first-order valence-electron chi connectivity index (χ1n) is 6.83. The van der Waals surface area contributed by atoms with Gasteiger partial charge in [0.05, 0.1) is 4.92 Å². The lowest BCUT2D eigenvalue weighted by atomic mass is 10.2. The summed E-state index contributed by atoms with van der Waals surface area (Å²) in [4.78, 5) is 28.4. The molecule has 22 heavy (non-hydrogen) atoms. The van der Waals surface area contributed by atoms with Gasteiger partial charge in [-0.1, -0.05) is 25.0 Å². The maximum absolute atomic E-state index is 10.6. The number of rotatable bonds is 4. The molecule has 0 atom stereocenters. The zero-order valence-electron chi connectivity index (χ0n) is 11.9. The van der Waals surface area contributed by atoms with E-state index in [1.165, 1.54) is 31.7 Å². The zero-order valence-corrected chi connectivity index (χ0v) is 11.9. The van der Waals surface area contributed by atoms with Crippen molar-refractivity contribution in [3.63, 3.8) is 0 Å². The fraction of sp³-hybridized carbons (Fsp3) is 0.429. The topological polar surface area (TPSA) is 130 Å². The third-order valence-corrected chi connectivity index (χ3v) is 3.25. The van der Waals surface area contributed by atoms with Crippen LogP contribution < -0.4 is 5.32 Å². The molecule has 3 N–H and O–H groups in total. The molecule has 1 aliphatic rings. The number of carboxylic acids is 2. The van der Waals surface area contributed by atoms with E-state index in [4.69, 9.17) is 19.8 Å². The van der Waals surface area contributed by atoms with Gasteiger partial charge in [-0.05, 0) is 18.4 Å². The summed E-state index contributed by atoms with van der Waals surface area (Å²) in [5.41, 5.74) is 1.16. The number of nitrogens with one attached hydrogen (secondary N) is 1. The van der Waals surface area contributed by atoms with Crippen molar-refractivity contribution in [1.29, 1.82) is 0 Å². The van der Waals surface area contributed by atoms with Crippen LogP contribution in [0, 0.1) is 10.1 Å². The van der Waals surface area contributed by atoms with Crippen molar-refractivity contribution >= 4 is 17.6 Å². The van der Waals surface area contributed by atoms with E-state index in [-0.39, 0.29) is 10.6 Å². The van der Waals surface area contributed by atoms with Crippen LogP contribution in [-0.4, -0.2) is 33.1 Å². The Bertz CT molecular complexity index is 528. The molecule has 1 aromatic rings. The largest absolute Gasteiger partial charge is 0.473 e. The van der Waals surface area contributed by atoms with Crippen LogP contribution in [-0.2, 0) is 16.1 Å². The highest BCUT2D eigenvalue weighted by molar-refractivity contribution is 6.27. The number of carboxylic acid groups (broad SMARTS) is 2. The van der Waals surface area contributed by atoms with Gasteiger partial charge in [-0.2, -0.15) is 0 Å². The second-order valence-electron chi connectivity index (χ2n) is 4.90. The van der Waals surface area contributed by atoms with Gasteiger partial charge < -0.3 is 15.5 Å². The molecule has 1 fully saturated rings. The highest BCUT2D eigenvalue weighted by Gasteiger charge is 2.14. The van der Waals surface area contributed by atoms with Gasteiger partial charge in [-0.15, -0.1) is 0 Å². The SMILES string of the molecule is O=C(O)C(=O)O.O=[N+]([O-])c1cccc(CNC2CCCC2)c1. The summed E-state index contributed by atoms with van der Waals surface area (Å²) in [5, 5.41) is 28.8. The van der Waals surface area contributed by atoms with Crippen LogP contribution in [0.3, 0.4) is 0 Å². The second kappa shape index (κ2) is 8.73. The number of non-ortho nitro benzene ring substituents is 1. The van der Waals surface area contributed by atoms with Crippen LogP contribution in [0.1, 0.15) is 31.2 Å². The summed E-state index contributed by atoms with van der Waals surface area (Å²) < 4.78 is 0. The highest BCUT2D eigenvalue weighted by atomic mass is 16.6. The molecule has 0 radical (unpaired) electrons. The van der Waals surface area contributed by atoms with Crippen molar-refractivity contribution in [3.05, 3.63) is 39.9 Å². The first kappa shape index (κ1) is 17.6. The Balaban J connectivity index is 0.000000346. The molecular weight excluding hydrogens is 292 g/mol. The fourth-order valence-corrected chi connectivity index (χ4v) is 2.17. The smallest absolute Gasteiger partial charge is 0.414 e. The molecule has 0 spiro atoms. The van der Waals surface area contributed by atoms with Gasteiger partial charge in [-0.3, -0.25) is 10.1 Å². The Kier molecular flexibility index (Phi) is 6.97. The molecule has 1 aliphatic carbocycles. The summed E-state index contributed by atoms with van der Waals surface area (Å²) in [7, 11) is 0. The number of hydrogen-bond donors (Lipinski definition) is 3. The van der Waals surface area contributed by atoms with E-state index in [0.29, 0.717) is 6.04 Å². The number of nitro benzene ring substituents is 1. The van der Waals surface area contributed by atoms with E-state index in [2.05, 4.69) is 5.32 Å². The molecule has 8 nitrogen and oxygen atoms in total. The third kappa shape index (κ3) is 6.31. The van der Waals surface area contributed by atoms with Gasteiger partial charge in [0.1, 0.15) is 0 Å². The average Bonchev–Trinajstić information content (AvgIpc) is 2.99. The normalized spacial score (nSPS) is 14.0. The first-order chi connectivity index (χ1) is 10.4. The van der Waals surface area contributed by atoms with Gasteiger partial charge in [0, 0.05) is 24.7 Å². The minimum absolute atomic E-state index is 0.172. The molecule has 1 saturated carbocycles. The number of carbonyl (C=O) groups is 2. The molecule has 2 rings (SSSR count). The number of nitro groups is 1. The molecule has 0 bridgehead atoms. The van der Waals surface area contributed by atoms with Gasteiger partial charge in [0.25, 0.3) is 5.69 Å². The van der Waals surface area contributed by atoms with Crippen molar-refractivity contribution in [3.8, 4) is 0 Å². The lowest BCUT2D eigenvalue weighted by Crippen LogP contribution is -2.25. The zero-order chi connectivity index (χ0) is 16.5. The summed E-state index contributed by atoms with van der Waals surface area (Å²) in [6, 6.07) is 7.43. The van der Waals surface area contributed by atoms with Crippen molar-refractivity contribution < 1.29 is 24.7 Å². The molecule has 8 heteroatoms. The molecule has 0 unspecified atom stereocenters. The Morgan fingerprint density at radius 2 is 1.82 bits per heavy atom. The predicted molar refractivity (Wildman–Crippen MR) is 77.5 cm³/mol. The summed E-state index contributed by atoms with van der Waals surface area (Å²) in [6.45, 7) is 0.729. The Labute approximate surface area is 126 Å². The van der Waals surface area contributed by atoms with E-state index < -0.39 is 11.9 Å². The van der Waals surface area contributed by atoms with Crippen LogP contribution in [0.4, 0.5) is 5.69 Å². The number of nitrogens with zero attached hydrogens (tertiary/aromatic N) is 1. The lowest BCUT2D eigenvalue weighted by molar-refractivity contribution is -0.384. The predicted octanol–water partition coefficient (Wildman–Crippen LogP) is 1.78. The van der Waals surface area contributed by atoms with Gasteiger partial charge >= 0.3 is 11.9 Å². The summed E-state index contributed by atoms with van der Waals surface area (Å²) >= 11 is 0. The van der Waals surface area contributed by atoms with Crippen molar-refractivity contribution in [2.75, 3.05) is 0 Å². The maximum atomic E-state index is 10.6. The van der Waals surface area contributed by atoms with E-state index in [1.54, 1.807) is 12.1 Å². The molecule has 0 aliphatic heterocycles. The third-order valence-electron chi connectivity index (χ3n) is 3.25. The molecule has 1 aromatic carbocycles. The van der Waals surface area contributed by atoms with Crippen molar-refractivity contribution in [2.24, 2.45) is 0 Å². The lowest BCUT2D eigenvalue weighted by Gasteiger charge is -2.11. The van der Waals surface area contributed by atoms with E-state index in [0.717, 1.165) is 12.1 Å². The standard InChI is InChI=1S/C12H16N2O2.C2H2O4/c15-14(16)12-7-3-4-10(8-12)9-13-11-5-1-2-6-11;3-1(4)2(5)6/h3-4,7-8,11,13H,1-2,5-6,9H2;(H,3,4)(H,5,6). The van der Waals surface area contributed by atoms with Crippen molar-refractivity contribution in [2.45, 2.75) is 38.3 Å². The number of aliphatic carboxylic acids is 2. The van der Waals surface area contributed by atoms with Crippen molar-refractivity contribution in [1.82, 2.24) is 5.32 Å². The second-order valence-corrected chi connectivity index (χ2v) is 4.90. The number of benzene rings is 1. The summed E-state index contributed by atoms with van der Waals surface area (Å²) in [5.74, 6) is -3.65. The summed E-state index contributed by atoms with van der Waals surface area (Å²) in [6.07, 6.45) is 5.06. The molecule has 120 valence electrons. The fourth-order valence-electron chi connectivity index (χ4n) is 2.17. The minimum Gasteiger partial charge on any atom is -0.473 e. The van der Waals surface area contributed by atoms with Crippen LogP contribution in [0.25, 0.3) is 0 Å². The van der Waals surface area contributed by atoms with E-state index in [1.807, 2.05) is 6.07 Å². The molecule has 0 heterocycles. The molecule has 0 aromatic heterocycles. The quantitative estimate of drug-likeness (QED) is 0.439. The van der Waals surface area contributed by atoms with Crippen LogP contribution in [0.5, 0.6) is 0 Å². The van der Waals surface area contributed by atoms with Gasteiger partial charge in [0.2, 0.25) is 0 Å². The Hall–Kier alpha value is -2.48. The van der Waals surface area contributed by atoms with Gasteiger partial charge in [0.15, 0.2) is 0 Å². The Morgan fingerprint density at radius 1 is 1.23 bits per heavy atom. The monoisotopic (exact) mass is 310 g/mol. The first-order valence-corrected chi connectivity index (χ1v) is 6.83. The highest BCUT2D eigenvalue weighted by Crippen LogP contribution is 2.19. The molecule has 0 amide bonds. The van der Waals surface area contributed by atoms with Gasteiger partial charge in [-0.25, -0.2) is 9.59 Å². The molecular formula is C14H18N2O6. The molecule has 0 saturated heterocycles. The Morgan fingerprint density at radius 3 is 2.32 bits per heavy atom. The van der Waals surface area contributed by atoms with E-state index >= 15 is 0 Å².